The number of hydrogen-bond donors (Lipinski definition) is 3. The highest BCUT2D eigenvalue weighted by molar-refractivity contribution is 5.75. The number of benzene rings is 1. The van der Waals surface area contributed by atoms with Crippen LogP contribution in [0, 0.1) is 0 Å². The lowest BCUT2D eigenvalue weighted by atomic mass is 10.1. The number of nitrogens with zero attached hydrogens (tertiary/aromatic N) is 2. The third kappa shape index (κ3) is 3.10. The lowest BCUT2D eigenvalue weighted by Crippen LogP contribution is -2.35. The predicted molar refractivity (Wildman–Crippen MR) is 67.8 cm³/mol. The van der Waals surface area contributed by atoms with E-state index in [1.54, 1.807) is 0 Å². The van der Waals surface area contributed by atoms with Gasteiger partial charge in [-0.1, -0.05) is 5.16 Å². The Morgan fingerprint density at radius 2 is 1.88 bits per heavy atom. The van der Waals surface area contributed by atoms with Crippen molar-refractivity contribution >= 4 is 17.7 Å². The maximum absolute atomic E-state index is 9.44. The van der Waals surface area contributed by atoms with Gasteiger partial charge >= 0.3 is 0 Å². The number of aliphatic hydroxyl groups is 1. The Balaban J connectivity index is 1.97. The van der Waals surface area contributed by atoms with Crippen LogP contribution in [0.2, 0.25) is 0 Å². The van der Waals surface area contributed by atoms with Crippen molar-refractivity contribution in [2.24, 2.45) is 5.16 Å². The Hall–Kier alpha value is -1.75. The van der Waals surface area contributed by atoms with Gasteiger partial charge in [-0.2, -0.15) is 0 Å². The Bertz CT molecular complexity index is 370. The average molecular weight is 235 g/mol. The average Bonchev–Trinajstić information content (AvgIpc) is 2.38. The van der Waals surface area contributed by atoms with Crippen LogP contribution in [0.3, 0.4) is 0 Å². The molecule has 0 amide bonds. The zero-order valence-electron chi connectivity index (χ0n) is 9.58. The summed E-state index contributed by atoms with van der Waals surface area (Å²) in [5, 5.41) is 23.4. The van der Waals surface area contributed by atoms with E-state index in [0.29, 0.717) is 0 Å². The molecule has 17 heavy (non-hydrogen) atoms. The van der Waals surface area contributed by atoms with Crippen molar-refractivity contribution in [1.82, 2.24) is 0 Å². The monoisotopic (exact) mass is 235 g/mol. The molecule has 0 radical (unpaired) electrons. The van der Waals surface area contributed by atoms with Crippen LogP contribution in [-0.2, 0) is 0 Å². The van der Waals surface area contributed by atoms with Gasteiger partial charge in [0.25, 0.3) is 0 Å². The van der Waals surface area contributed by atoms with E-state index in [2.05, 4.69) is 15.4 Å². The molecule has 1 aromatic rings. The number of rotatable bonds is 3. The Morgan fingerprint density at radius 3 is 2.47 bits per heavy atom. The first-order chi connectivity index (χ1) is 8.29. The summed E-state index contributed by atoms with van der Waals surface area (Å²) < 4.78 is 0. The number of nitrogens with one attached hydrogen (secondary N) is 1. The van der Waals surface area contributed by atoms with Crippen LogP contribution in [-0.4, -0.2) is 35.8 Å². The van der Waals surface area contributed by atoms with Crippen molar-refractivity contribution in [1.29, 1.82) is 0 Å². The first kappa shape index (κ1) is 11.7. The fourth-order valence-corrected chi connectivity index (χ4v) is 2.00. The molecule has 1 fully saturated rings. The van der Waals surface area contributed by atoms with E-state index in [9.17, 15) is 5.11 Å². The molecule has 92 valence electrons. The summed E-state index contributed by atoms with van der Waals surface area (Å²) in [5.41, 5.74) is 2.03. The van der Waals surface area contributed by atoms with Crippen LogP contribution in [0.5, 0.6) is 0 Å². The Morgan fingerprint density at radius 1 is 1.24 bits per heavy atom. The highest BCUT2D eigenvalue weighted by atomic mass is 16.4. The molecule has 5 nitrogen and oxygen atoms in total. The fourth-order valence-electron chi connectivity index (χ4n) is 2.00. The van der Waals surface area contributed by atoms with Gasteiger partial charge in [0.1, 0.15) is 6.34 Å². The third-order valence-corrected chi connectivity index (χ3v) is 2.99. The minimum absolute atomic E-state index is 0.145. The molecule has 3 N–H and O–H groups in total. The number of aliphatic hydroxyl groups excluding tert-OH is 1. The van der Waals surface area contributed by atoms with Crippen LogP contribution in [0.1, 0.15) is 12.8 Å². The standard InChI is InChI=1S/C12H17N3O2/c16-12-5-7-15(8-6-12)11-3-1-10(2-4-11)13-9-14-17/h1-4,9,12,16-17H,5-8H2,(H,13,14). The zero-order chi connectivity index (χ0) is 12.1. The van der Waals surface area contributed by atoms with Crippen LogP contribution in [0.15, 0.2) is 29.4 Å². The molecule has 5 heteroatoms. The predicted octanol–water partition coefficient (Wildman–Crippen LogP) is 1.48. The van der Waals surface area contributed by atoms with E-state index >= 15 is 0 Å². The summed E-state index contributed by atoms with van der Waals surface area (Å²) in [5.74, 6) is 0. The summed E-state index contributed by atoms with van der Waals surface area (Å²) in [7, 11) is 0. The minimum Gasteiger partial charge on any atom is -0.410 e. The molecule has 2 rings (SSSR count). The molecule has 0 atom stereocenters. The molecule has 1 aliphatic rings. The topological polar surface area (TPSA) is 68.1 Å². The Kier molecular flexibility index (Phi) is 3.82. The molecule has 0 aromatic heterocycles. The highest BCUT2D eigenvalue weighted by Crippen LogP contribution is 2.21. The van der Waals surface area contributed by atoms with Gasteiger partial charge in [-0.05, 0) is 37.1 Å². The number of hydrogen-bond acceptors (Lipinski definition) is 4. The summed E-state index contributed by atoms with van der Waals surface area (Å²) in [4.78, 5) is 2.26. The summed E-state index contributed by atoms with van der Waals surface area (Å²) in [6, 6.07) is 7.90. The van der Waals surface area contributed by atoms with Gasteiger partial charge in [0.2, 0.25) is 0 Å². The number of piperidine rings is 1. The second kappa shape index (κ2) is 5.54. The third-order valence-electron chi connectivity index (χ3n) is 2.99. The Labute approximate surface area is 100 Å². The van der Waals surface area contributed by atoms with Crippen molar-refractivity contribution in [2.75, 3.05) is 23.3 Å². The van der Waals surface area contributed by atoms with Crippen molar-refractivity contribution < 1.29 is 10.3 Å². The van der Waals surface area contributed by atoms with E-state index in [1.807, 2.05) is 24.3 Å². The van der Waals surface area contributed by atoms with Gasteiger partial charge in [0.05, 0.1) is 6.10 Å². The van der Waals surface area contributed by atoms with Gasteiger partial charge in [-0.15, -0.1) is 0 Å². The molecule has 0 spiro atoms. The first-order valence-corrected chi connectivity index (χ1v) is 5.75. The van der Waals surface area contributed by atoms with Gasteiger partial charge in [-0.3, -0.25) is 0 Å². The second-order valence-corrected chi connectivity index (χ2v) is 4.15. The molecular weight excluding hydrogens is 218 g/mol. The van der Waals surface area contributed by atoms with Crippen LogP contribution >= 0.6 is 0 Å². The molecular formula is C12H17N3O2. The molecule has 1 heterocycles. The van der Waals surface area contributed by atoms with E-state index in [-0.39, 0.29) is 6.10 Å². The molecule has 0 unspecified atom stereocenters. The van der Waals surface area contributed by atoms with Crippen LogP contribution in [0.25, 0.3) is 0 Å². The van der Waals surface area contributed by atoms with Crippen LogP contribution in [0.4, 0.5) is 11.4 Å². The largest absolute Gasteiger partial charge is 0.410 e. The normalized spacial score (nSPS) is 17.6. The van der Waals surface area contributed by atoms with Gasteiger partial charge in [-0.25, -0.2) is 0 Å². The van der Waals surface area contributed by atoms with Crippen molar-refractivity contribution in [3.63, 3.8) is 0 Å². The molecule has 0 saturated carbocycles. The minimum atomic E-state index is -0.145. The second-order valence-electron chi connectivity index (χ2n) is 4.15. The fraction of sp³-hybridized carbons (Fsp3) is 0.417. The molecule has 0 aliphatic carbocycles. The van der Waals surface area contributed by atoms with Gasteiger partial charge in [0.15, 0.2) is 0 Å². The SMILES string of the molecule is O/N=C/Nc1ccc(N2CCC(O)CC2)cc1. The quantitative estimate of drug-likeness (QED) is 0.321. The first-order valence-electron chi connectivity index (χ1n) is 5.75. The number of anilines is 2. The van der Waals surface area contributed by atoms with E-state index in [1.165, 1.54) is 6.34 Å². The van der Waals surface area contributed by atoms with E-state index in [4.69, 9.17) is 5.21 Å². The van der Waals surface area contributed by atoms with Crippen molar-refractivity contribution in [2.45, 2.75) is 18.9 Å². The zero-order valence-corrected chi connectivity index (χ0v) is 9.58. The number of oxime groups is 1. The summed E-state index contributed by atoms with van der Waals surface area (Å²) in [6.45, 7) is 1.79. The summed E-state index contributed by atoms with van der Waals surface area (Å²) in [6.07, 6.45) is 2.74. The smallest absolute Gasteiger partial charge is 0.132 e. The maximum atomic E-state index is 9.44. The molecule has 0 bridgehead atoms. The van der Waals surface area contributed by atoms with Gasteiger partial charge < -0.3 is 20.5 Å². The molecule has 1 saturated heterocycles. The van der Waals surface area contributed by atoms with E-state index < -0.39 is 0 Å². The molecule has 1 aromatic carbocycles. The lowest BCUT2D eigenvalue weighted by molar-refractivity contribution is 0.145. The van der Waals surface area contributed by atoms with Gasteiger partial charge in [0, 0.05) is 24.5 Å². The van der Waals surface area contributed by atoms with E-state index in [0.717, 1.165) is 37.3 Å². The van der Waals surface area contributed by atoms with Crippen molar-refractivity contribution in [3.05, 3.63) is 24.3 Å². The summed E-state index contributed by atoms with van der Waals surface area (Å²) >= 11 is 0. The van der Waals surface area contributed by atoms with Crippen LogP contribution < -0.4 is 10.2 Å². The lowest BCUT2D eigenvalue weighted by Gasteiger charge is -2.31. The molecule has 1 aliphatic heterocycles. The van der Waals surface area contributed by atoms with Crippen molar-refractivity contribution in [3.8, 4) is 0 Å². The highest BCUT2D eigenvalue weighted by Gasteiger charge is 2.16. The maximum Gasteiger partial charge on any atom is 0.132 e.